The first-order valence-corrected chi connectivity index (χ1v) is 8.05. The molecule has 0 unspecified atom stereocenters. The van der Waals surface area contributed by atoms with Gasteiger partial charge in [0.25, 0.3) is 5.91 Å². The van der Waals surface area contributed by atoms with Crippen LogP contribution in [0.15, 0.2) is 30.6 Å². The molecule has 0 radical (unpaired) electrons. The smallest absolute Gasteiger partial charge is 0.260 e. The van der Waals surface area contributed by atoms with Crippen LogP contribution in [-0.4, -0.2) is 47.2 Å². The summed E-state index contributed by atoms with van der Waals surface area (Å²) in [7, 11) is 3.66. The molecule has 2 heterocycles. The number of hydrogen-bond acceptors (Lipinski definition) is 4. The van der Waals surface area contributed by atoms with Crippen LogP contribution < -0.4 is 4.74 Å². The summed E-state index contributed by atoms with van der Waals surface area (Å²) in [4.78, 5) is 18.8. The van der Waals surface area contributed by atoms with Crippen molar-refractivity contribution in [1.82, 2.24) is 14.5 Å². The van der Waals surface area contributed by atoms with Crippen molar-refractivity contribution in [2.45, 2.75) is 19.4 Å². The lowest BCUT2D eigenvalue weighted by molar-refractivity contribution is -0.135. The molecule has 0 saturated heterocycles. The fourth-order valence-corrected chi connectivity index (χ4v) is 3.20. The standard InChI is InChI=1S/C18H23N3O3/c1-13-6-4-5-7-16(13)24-11-17(22)21-8-14(10-23-3)18-15(9-21)19-12-20(18)2/h4-7,12,14H,8-11H2,1-3H3/t14-/m0/s1. The predicted molar refractivity (Wildman–Crippen MR) is 89.9 cm³/mol. The highest BCUT2D eigenvalue weighted by molar-refractivity contribution is 5.78. The van der Waals surface area contributed by atoms with Gasteiger partial charge in [0.05, 0.1) is 25.2 Å². The number of ether oxygens (including phenoxy) is 2. The van der Waals surface area contributed by atoms with Gasteiger partial charge in [-0.1, -0.05) is 18.2 Å². The van der Waals surface area contributed by atoms with Crippen LogP contribution in [0.5, 0.6) is 5.75 Å². The van der Waals surface area contributed by atoms with Crippen molar-refractivity contribution >= 4 is 5.91 Å². The van der Waals surface area contributed by atoms with Crippen molar-refractivity contribution in [1.29, 1.82) is 0 Å². The summed E-state index contributed by atoms with van der Waals surface area (Å²) >= 11 is 0. The third kappa shape index (κ3) is 3.28. The van der Waals surface area contributed by atoms with E-state index in [1.165, 1.54) is 0 Å². The number of carbonyl (C=O) groups is 1. The highest BCUT2D eigenvalue weighted by Gasteiger charge is 2.31. The Labute approximate surface area is 142 Å². The maximum atomic E-state index is 12.6. The van der Waals surface area contributed by atoms with E-state index in [0.717, 1.165) is 22.7 Å². The van der Waals surface area contributed by atoms with Crippen LogP contribution >= 0.6 is 0 Å². The number of hydrogen-bond donors (Lipinski definition) is 0. The molecule has 1 aliphatic rings. The van der Waals surface area contributed by atoms with Gasteiger partial charge in [0, 0.05) is 32.3 Å². The van der Waals surface area contributed by atoms with Crippen LogP contribution in [0.1, 0.15) is 22.9 Å². The Bertz CT molecular complexity index is 726. The van der Waals surface area contributed by atoms with Gasteiger partial charge in [-0.05, 0) is 18.6 Å². The molecule has 128 valence electrons. The number of aryl methyl sites for hydroxylation is 2. The highest BCUT2D eigenvalue weighted by Crippen LogP contribution is 2.27. The van der Waals surface area contributed by atoms with Crippen LogP contribution in [0.25, 0.3) is 0 Å². The zero-order valence-corrected chi connectivity index (χ0v) is 14.4. The van der Waals surface area contributed by atoms with Crippen LogP contribution in [-0.2, 0) is 23.1 Å². The van der Waals surface area contributed by atoms with Gasteiger partial charge in [-0.25, -0.2) is 4.98 Å². The Morgan fingerprint density at radius 1 is 1.38 bits per heavy atom. The molecular formula is C18H23N3O3. The summed E-state index contributed by atoms with van der Waals surface area (Å²) in [6.07, 6.45) is 1.80. The number of methoxy groups -OCH3 is 1. The number of carbonyl (C=O) groups excluding carboxylic acids is 1. The van der Waals surface area contributed by atoms with Crippen molar-refractivity contribution in [3.05, 3.63) is 47.5 Å². The zero-order chi connectivity index (χ0) is 17.1. The van der Waals surface area contributed by atoms with E-state index in [2.05, 4.69) is 4.98 Å². The van der Waals surface area contributed by atoms with Gasteiger partial charge in [0.15, 0.2) is 6.61 Å². The van der Waals surface area contributed by atoms with Crippen LogP contribution in [0.2, 0.25) is 0 Å². The summed E-state index contributed by atoms with van der Waals surface area (Å²) in [5.41, 5.74) is 3.11. The second-order valence-corrected chi connectivity index (χ2v) is 6.17. The predicted octanol–water partition coefficient (Wildman–Crippen LogP) is 1.88. The molecule has 0 aliphatic carbocycles. The average molecular weight is 329 g/mol. The summed E-state index contributed by atoms with van der Waals surface area (Å²) in [5.74, 6) is 0.846. The third-order valence-corrected chi connectivity index (χ3v) is 4.40. The Kier molecular flexibility index (Phi) is 4.85. The first kappa shape index (κ1) is 16.5. The van der Waals surface area contributed by atoms with Gasteiger partial charge < -0.3 is 18.9 Å². The van der Waals surface area contributed by atoms with E-state index in [-0.39, 0.29) is 18.4 Å². The lowest BCUT2D eigenvalue weighted by atomic mass is 9.99. The van der Waals surface area contributed by atoms with Gasteiger partial charge in [0.1, 0.15) is 5.75 Å². The number of imidazole rings is 1. The summed E-state index contributed by atoms with van der Waals surface area (Å²) in [6, 6.07) is 7.70. The maximum absolute atomic E-state index is 12.6. The van der Waals surface area contributed by atoms with E-state index in [1.54, 1.807) is 18.3 Å². The molecule has 1 aliphatic heterocycles. The molecule has 24 heavy (non-hydrogen) atoms. The van der Waals surface area contributed by atoms with Gasteiger partial charge >= 0.3 is 0 Å². The lowest BCUT2D eigenvalue weighted by Crippen LogP contribution is -2.42. The molecule has 0 saturated carbocycles. The lowest BCUT2D eigenvalue weighted by Gasteiger charge is -2.32. The fraction of sp³-hybridized carbons (Fsp3) is 0.444. The third-order valence-electron chi connectivity index (χ3n) is 4.40. The van der Waals surface area contributed by atoms with Crippen molar-refractivity contribution in [3.8, 4) is 5.75 Å². The quantitative estimate of drug-likeness (QED) is 0.840. The molecule has 1 aromatic heterocycles. The number of amides is 1. The van der Waals surface area contributed by atoms with Gasteiger partial charge in [0.2, 0.25) is 0 Å². The minimum absolute atomic E-state index is 0.0318. The number of rotatable bonds is 5. The number of para-hydroxylation sites is 1. The van der Waals surface area contributed by atoms with Crippen LogP contribution in [0.4, 0.5) is 0 Å². The molecule has 2 aromatic rings. The monoisotopic (exact) mass is 329 g/mol. The SMILES string of the molecule is COC[C@@H]1CN(C(=O)COc2ccccc2C)Cc2ncn(C)c21. The van der Waals surface area contributed by atoms with E-state index < -0.39 is 0 Å². The van der Waals surface area contributed by atoms with Crippen molar-refractivity contribution in [2.75, 3.05) is 26.9 Å². The minimum Gasteiger partial charge on any atom is -0.484 e. The highest BCUT2D eigenvalue weighted by atomic mass is 16.5. The Balaban J connectivity index is 1.69. The second kappa shape index (κ2) is 7.05. The number of benzene rings is 1. The largest absolute Gasteiger partial charge is 0.484 e. The normalized spacial score (nSPS) is 16.8. The van der Waals surface area contributed by atoms with Crippen molar-refractivity contribution in [3.63, 3.8) is 0 Å². The molecule has 1 aromatic carbocycles. The first-order chi connectivity index (χ1) is 11.6. The first-order valence-electron chi connectivity index (χ1n) is 8.05. The molecular weight excluding hydrogens is 306 g/mol. The molecule has 0 N–H and O–H groups in total. The molecule has 0 bridgehead atoms. The molecule has 6 nitrogen and oxygen atoms in total. The molecule has 6 heteroatoms. The van der Waals surface area contributed by atoms with Gasteiger partial charge in [-0.15, -0.1) is 0 Å². The molecule has 0 spiro atoms. The Morgan fingerprint density at radius 3 is 2.92 bits per heavy atom. The maximum Gasteiger partial charge on any atom is 0.260 e. The summed E-state index contributed by atoms with van der Waals surface area (Å²) in [6.45, 7) is 3.71. The molecule has 1 atom stereocenters. The fourth-order valence-electron chi connectivity index (χ4n) is 3.20. The molecule has 3 rings (SSSR count). The zero-order valence-electron chi connectivity index (χ0n) is 14.4. The van der Waals surface area contributed by atoms with E-state index in [1.807, 2.05) is 42.8 Å². The van der Waals surface area contributed by atoms with Gasteiger partial charge in [-0.2, -0.15) is 0 Å². The Morgan fingerprint density at radius 2 is 2.17 bits per heavy atom. The number of aromatic nitrogens is 2. The Hall–Kier alpha value is -2.34. The van der Waals surface area contributed by atoms with Crippen molar-refractivity contribution in [2.24, 2.45) is 7.05 Å². The molecule has 1 amide bonds. The van der Waals surface area contributed by atoms with E-state index in [9.17, 15) is 4.79 Å². The summed E-state index contributed by atoms with van der Waals surface area (Å²) < 4.78 is 13.0. The average Bonchev–Trinajstić information content (AvgIpc) is 2.95. The van der Waals surface area contributed by atoms with E-state index in [4.69, 9.17) is 9.47 Å². The van der Waals surface area contributed by atoms with Crippen LogP contribution in [0, 0.1) is 6.92 Å². The minimum atomic E-state index is -0.0318. The van der Waals surface area contributed by atoms with Crippen LogP contribution in [0.3, 0.4) is 0 Å². The van der Waals surface area contributed by atoms with Crippen molar-refractivity contribution < 1.29 is 14.3 Å². The number of nitrogens with zero attached hydrogens (tertiary/aromatic N) is 3. The summed E-state index contributed by atoms with van der Waals surface area (Å²) in [5, 5.41) is 0. The molecule has 0 fully saturated rings. The van der Waals surface area contributed by atoms with E-state index >= 15 is 0 Å². The second-order valence-electron chi connectivity index (χ2n) is 6.17. The topological polar surface area (TPSA) is 56.6 Å². The van der Waals surface area contributed by atoms with E-state index in [0.29, 0.717) is 19.7 Å². The van der Waals surface area contributed by atoms with Gasteiger partial charge in [-0.3, -0.25) is 4.79 Å². The number of fused-ring (bicyclic) bond motifs is 1.